The van der Waals surface area contributed by atoms with Gasteiger partial charge in [0.05, 0.1) is 0 Å². The summed E-state index contributed by atoms with van der Waals surface area (Å²) in [6.07, 6.45) is 3.94. The molecule has 1 unspecified atom stereocenters. The Labute approximate surface area is 130 Å². The van der Waals surface area contributed by atoms with Crippen LogP contribution in [0.1, 0.15) is 39.2 Å². The maximum absolute atomic E-state index is 3.50. The molecular weight excluding hydrogens is 256 g/mol. The highest BCUT2D eigenvalue weighted by Crippen LogP contribution is 2.24. The van der Waals surface area contributed by atoms with Crippen molar-refractivity contribution in [2.75, 3.05) is 26.7 Å². The highest BCUT2D eigenvalue weighted by molar-refractivity contribution is 5.15. The van der Waals surface area contributed by atoms with Crippen LogP contribution in [0.4, 0.5) is 0 Å². The normalized spacial score (nSPS) is 19.6. The first-order valence-electron chi connectivity index (χ1n) is 8.42. The second-order valence-electron chi connectivity index (χ2n) is 7.64. The summed E-state index contributed by atoms with van der Waals surface area (Å²) in [4.78, 5) is 2.65. The quantitative estimate of drug-likeness (QED) is 0.891. The number of likely N-dealkylation sites (tertiary alicyclic amines) is 1. The van der Waals surface area contributed by atoms with Crippen LogP contribution in [0.25, 0.3) is 0 Å². The van der Waals surface area contributed by atoms with Crippen molar-refractivity contribution in [3.05, 3.63) is 35.9 Å². The Morgan fingerprint density at radius 1 is 1.14 bits per heavy atom. The Bertz CT molecular complexity index is 399. The molecule has 0 aromatic heterocycles. The molecule has 1 heterocycles. The molecule has 1 aromatic rings. The second kappa shape index (κ2) is 7.42. The predicted molar refractivity (Wildman–Crippen MR) is 91.6 cm³/mol. The van der Waals surface area contributed by atoms with Crippen LogP contribution in [0.2, 0.25) is 0 Å². The lowest BCUT2D eigenvalue weighted by molar-refractivity contribution is 0.135. The molecule has 0 aliphatic carbocycles. The van der Waals surface area contributed by atoms with E-state index in [1.54, 1.807) is 0 Å². The number of hydrogen-bond donors (Lipinski definition) is 1. The summed E-state index contributed by atoms with van der Waals surface area (Å²) in [7, 11) is 2.10. The van der Waals surface area contributed by atoms with Gasteiger partial charge in [0.1, 0.15) is 0 Å². The van der Waals surface area contributed by atoms with Gasteiger partial charge in [-0.2, -0.15) is 0 Å². The third-order valence-electron chi connectivity index (χ3n) is 4.91. The van der Waals surface area contributed by atoms with Crippen LogP contribution in [0, 0.1) is 11.3 Å². The molecule has 0 amide bonds. The lowest BCUT2D eigenvalue weighted by Gasteiger charge is -2.38. The molecule has 2 rings (SSSR count). The molecule has 1 saturated heterocycles. The van der Waals surface area contributed by atoms with Crippen molar-refractivity contribution in [2.45, 2.75) is 46.1 Å². The summed E-state index contributed by atoms with van der Waals surface area (Å²) in [5, 5.41) is 3.50. The first-order valence-corrected chi connectivity index (χ1v) is 8.42. The van der Waals surface area contributed by atoms with Crippen LogP contribution in [-0.2, 0) is 6.42 Å². The van der Waals surface area contributed by atoms with Crippen molar-refractivity contribution in [2.24, 2.45) is 11.3 Å². The van der Waals surface area contributed by atoms with E-state index in [0.29, 0.717) is 11.5 Å². The molecule has 118 valence electrons. The minimum absolute atomic E-state index is 0.329. The van der Waals surface area contributed by atoms with Crippen molar-refractivity contribution in [1.82, 2.24) is 10.2 Å². The number of benzene rings is 1. The van der Waals surface area contributed by atoms with E-state index in [0.717, 1.165) is 5.92 Å². The SMILES string of the molecule is CNC(CN1CCC(Cc2ccccc2)CC1)C(C)(C)C. The summed E-state index contributed by atoms with van der Waals surface area (Å²) in [5.41, 5.74) is 1.83. The van der Waals surface area contributed by atoms with E-state index in [9.17, 15) is 0 Å². The van der Waals surface area contributed by atoms with Crippen LogP contribution in [-0.4, -0.2) is 37.6 Å². The minimum atomic E-state index is 0.329. The maximum atomic E-state index is 3.50. The monoisotopic (exact) mass is 288 g/mol. The summed E-state index contributed by atoms with van der Waals surface area (Å²) in [5.74, 6) is 0.867. The highest BCUT2D eigenvalue weighted by Gasteiger charge is 2.27. The number of likely N-dealkylation sites (N-methyl/N-ethyl adjacent to an activating group) is 1. The average molecular weight is 288 g/mol. The van der Waals surface area contributed by atoms with Crippen molar-refractivity contribution in [1.29, 1.82) is 0 Å². The van der Waals surface area contributed by atoms with Crippen molar-refractivity contribution in [3.63, 3.8) is 0 Å². The smallest absolute Gasteiger partial charge is 0.0240 e. The fourth-order valence-corrected chi connectivity index (χ4v) is 3.38. The Hall–Kier alpha value is -0.860. The van der Waals surface area contributed by atoms with Gasteiger partial charge in [-0.15, -0.1) is 0 Å². The first kappa shape index (κ1) is 16.5. The fraction of sp³-hybridized carbons (Fsp3) is 0.684. The van der Waals surface area contributed by atoms with Gasteiger partial charge in [-0.3, -0.25) is 0 Å². The van der Waals surface area contributed by atoms with Crippen molar-refractivity contribution >= 4 is 0 Å². The lowest BCUT2D eigenvalue weighted by atomic mass is 9.85. The van der Waals surface area contributed by atoms with E-state index >= 15 is 0 Å². The zero-order valence-electron chi connectivity index (χ0n) is 14.2. The molecule has 0 saturated carbocycles. The van der Waals surface area contributed by atoms with Gasteiger partial charge in [-0.1, -0.05) is 51.1 Å². The van der Waals surface area contributed by atoms with Crippen LogP contribution >= 0.6 is 0 Å². The number of piperidine rings is 1. The van der Waals surface area contributed by atoms with Gasteiger partial charge in [0.2, 0.25) is 0 Å². The minimum Gasteiger partial charge on any atom is -0.315 e. The van der Waals surface area contributed by atoms with E-state index in [1.165, 1.54) is 44.5 Å². The molecule has 2 heteroatoms. The lowest BCUT2D eigenvalue weighted by Crippen LogP contribution is -2.49. The number of nitrogens with zero attached hydrogens (tertiary/aromatic N) is 1. The van der Waals surface area contributed by atoms with Crippen LogP contribution < -0.4 is 5.32 Å². The van der Waals surface area contributed by atoms with Crippen LogP contribution in [0.5, 0.6) is 0 Å². The molecule has 0 spiro atoms. The Morgan fingerprint density at radius 2 is 1.76 bits per heavy atom. The van der Waals surface area contributed by atoms with Crippen molar-refractivity contribution in [3.8, 4) is 0 Å². The molecule has 2 nitrogen and oxygen atoms in total. The van der Waals surface area contributed by atoms with Crippen LogP contribution in [0.3, 0.4) is 0 Å². The highest BCUT2D eigenvalue weighted by atomic mass is 15.2. The zero-order valence-corrected chi connectivity index (χ0v) is 14.2. The zero-order chi connectivity index (χ0) is 15.3. The predicted octanol–water partition coefficient (Wildman–Crippen LogP) is 3.58. The number of rotatable bonds is 5. The summed E-state index contributed by atoms with van der Waals surface area (Å²) in [6.45, 7) is 10.7. The number of hydrogen-bond acceptors (Lipinski definition) is 2. The Balaban J connectivity index is 1.78. The fourth-order valence-electron chi connectivity index (χ4n) is 3.38. The largest absolute Gasteiger partial charge is 0.315 e. The third-order valence-corrected chi connectivity index (χ3v) is 4.91. The maximum Gasteiger partial charge on any atom is 0.0240 e. The molecule has 1 aliphatic rings. The molecule has 21 heavy (non-hydrogen) atoms. The Kier molecular flexibility index (Phi) is 5.83. The molecule has 0 radical (unpaired) electrons. The van der Waals surface area contributed by atoms with Crippen LogP contribution in [0.15, 0.2) is 30.3 Å². The molecular formula is C19H32N2. The molecule has 0 bridgehead atoms. The standard InChI is InChI=1S/C19H32N2/c1-19(2,3)18(20-4)15-21-12-10-17(11-13-21)14-16-8-6-5-7-9-16/h5-9,17-18,20H,10-15H2,1-4H3. The van der Waals surface area contributed by atoms with Gasteiger partial charge in [0.15, 0.2) is 0 Å². The summed E-state index contributed by atoms with van der Waals surface area (Å²) in [6, 6.07) is 11.5. The summed E-state index contributed by atoms with van der Waals surface area (Å²) < 4.78 is 0. The van der Waals surface area contributed by atoms with E-state index in [2.05, 4.69) is 68.4 Å². The topological polar surface area (TPSA) is 15.3 Å². The van der Waals surface area contributed by atoms with Gasteiger partial charge < -0.3 is 10.2 Å². The van der Waals surface area contributed by atoms with E-state index in [1.807, 2.05) is 0 Å². The van der Waals surface area contributed by atoms with Gasteiger partial charge in [0, 0.05) is 12.6 Å². The van der Waals surface area contributed by atoms with E-state index in [-0.39, 0.29) is 0 Å². The molecule has 1 atom stereocenters. The van der Waals surface area contributed by atoms with E-state index in [4.69, 9.17) is 0 Å². The molecule has 1 fully saturated rings. The first-order chi connectivity index (χ1) is 9.99. The molecule has 1 N–H and O–H groups in total. The average Bonchev–Trinajstić information content (AvgIpc) is 2.46. The number of nitrogens with one attached hydrogen (secondary N) is 1. The molecule has 1 aromatic carbocycles. The Morgan fingerprint density at radius 3 is 2.29 bits per heavy atom. The third kappa shape index (κ3) is 5.12. The molecule has 1 aliphatic heterocycles. The van der Waals surface area contributed by atoms with Gasteiger partial charge in [-0.05, 0) is 56.3 Å². The van der Waals surface area contributed by atoms with Crippen molar-refractivity contribution < 1.29 is 0 Å². The van der Waals surface area contributed by atoms with Gasteiger partial charge in [-0.25, -0.2) is 0 Å². The van der Waals surface area contributed by atoms with Gasteiger partial charge >= 0.3 is 0 Å². The second-order valence-corrected chi connectivity index (χ2v) is 7.64. The van der Waals surface area contributed by atoms with Gasteiger partial charge in [0.25, 0.3) is 0 Å². The van der Waals surface area contributed by atoms with E-state index < -0.39 is 0 Å². The summed E-state index contributed by atoms with van der Waals surface area (Å²) >= 11 is 0.